The quantitative estimate of drug-likeness (QED) is 0.825. The average Bonchev–Trinajstić information content (AvgIpc) is 2.77. The molecule has 0 aromatic carbocycles. The maximum atomic E-state index is 11.9. The predicted molar refractivity (Wildman–Crippen MR) is 77.5 cm³/mol. The lowest BCUT2D eigenvalue weighted by atomic mass is 9.96. The summed E-state index contributed by atoms with van der Waals surface area (Å²) in [5.41, 5.74) is 1.22. The summed E-state index contributed by atoms with van der Waals surface area (Å²) in [4.78, 5) is 18.1. The highest BCUT2D eigenvalue weighted by Crippen LogP contribution is 2.20. The molecule has 1 amide bonds. The second-order valence-corrected chi connectivity index (χ2v) is 5.52. The molecule has 0 saturated carbocycles. The van der Waals surface area contributed by atoms with E-state index in [0.29, 0.717) is 12.5 Å². The SMILES string of the molecule is CCOCC(=O)N1CCC(Cn2c(C)cnc2C)CC1. The molecular formula is C15H25N3O2. The minimum absolute atomic E-state index is 0.125. The molecule has 2 heterocycles. The number of amides is 1. The number of nitrogens with zero attached hydrogens (tertiary/aromatic N) is 3. The lowest BCUT2D eigenvalue weighted by Crippen LogP contribution is -2.41. The van der Waals surface area contributed by atoms with Crippen molar-refractivity contribution in [1.82, 2.24) is 14.5 Å². The Bertz CT molecular complexity index is 428. The Morgan fingerprint density at radius 2 is 2.10 bits per heavy atom. The van der Waals surface area contributed by atoms with Crippen molar-refractivity contribution in [3.05, 3.63) is 17.7 Å². The summed E-state index contributed by atoms with van der Waals surface area (Å²) in [5.74, 6) is 1.84. The van der Waals surface area contributed by atoms with E-state index in [1.807, 2.05) is 24.9 Å². The van der Waals surface area contributed by atoms with Crippen LogP contribution in [-0.2, 0) is 16.1 Å². The minimum Gasteiger partial charge on any atom is -0.372 e. The summed E-state index contributed by atoms with van der Waals surface area (Å²) in [6, 6.07) is 0. The molecule has 0 spiro atoms. The Morgan fingerprint density at radius 3 is 2.65 bits per heavy atom. The molecule has 0 radical (unpaired) electrons. The van der Waals surface area contributed by atoms with Gasteiger partial charge in [-0.05, 0) is 39.5 Å². The van der Waals surface area contributed by atoms with Crippen LogP contribution < -0.4 is 0 Å². The summed E-state index contributed by atoms with van der Waals surface area (Å²) in [6.07, 6.45) is 4.06. The first kappa shape index (κ1) is 15.0. The summed E-state index contributed by atoms with van der Waals surface area (Å²) in [6.45, 7) is 9.60. The van der Waals surface area contributed by atoms with Crippen LogP contribution in [0.15, 0.2) is 6.20 Å². The topological polar surface area (TPSA) is 47.4 Å². The largest absolute Gasteiger partial charge is 0.372 e. The van der Waals surface area contributed by atoms with Crippen LogP contribution in [0.4, 0.5) is 0 Å². The Balaban J connectivity index is 1.81. The van der Waals surface area contributed by atoms with Crippen LogP contribution in [0, 0.1) is 19.8 Å². The van der Waals surface area contributed by atoms with Crippen molar-refractivity contribution in [3.8, 4) is 0 Å². The lowest BCUT2D eigenvalue weighted by molar-refractivity contribution is -0.137. The second-order valence-electron chi connectivity index (χ2n) is 5.52. The number of ether oxygens (including phenoxy) is 1. The summed E-state index contributed by atoms with van der Waals surface area (Å²) < 4.78 is 7.47. The molecule has 1 fully saturated rings. The highest BCUT2D eigenvalue weighted by Gasteiger charge is 2.23. The number of rotatable bonds is 5. The first-order valence-corrected chi connectivity index (χ1v) is 7.46. The van der Waals surface area contributed by atoms with Gasteiger partial charge in [-0.15, -0.1) is 0 Å². The number of likely N-dealkylation sites (tertiary alicyclic amines) is 1. The molecule has 1 aliphatic heterocycles. The molecule has 20 heavy (non-hydrogen) atoms. The van der Waals surface area contributed by atoms with E-state index in [-0.39, 0.29) is 12.5 Å². The Kier molecular flexibility index (Phi) is 5.17. The molecule has 2 rings (SSSR count). The fraction of sp³-hybridized carbons (Fsp3) is 0.733. The van der Waals surface area contributed by atoms with Gasteiger partial charge in [0.1, 0.15) is 12.4 Å². The highest BCUT2D eigenvalue weighted by molar-refractivity contribution is 5.77. The van der Waals surface area contributed by atoms with E-state index in [9.17, 15) is 4.79 Å². The van der Waals surface area contributed by atoms with Crippen molar-refractivity contribution in [2.24, 2.45) is 5.92 Å². The van der Waals surface area contributed by atoms with Gasteiger partial charge in [0, 0.05) is 38.1 Å². The third-order valence-corrected chi connectivity index (χ3v) is 4.09. The van der Waals surface area contributed by atoms with Gasteiger partial charge in [-0.3, -0.25) is 4.79 Å². The van der Waals surface area contributed by atoms with Crippen molar-refractivity contribution in [1.29, 1.82) is 0 Å². The van der Waals surface area contributed by atoms with Gasteiger partial charge in [0.15, 0.2) is 0 Å². The first-order valence-electron chi connectivity index (χ1n) is 7.46. The third-order valence-electron chi connectivity index (χ3n) is 4.09. The van der Waals surface area contributed by atoms with Crippen LogP contribution >= 0.6 is 0 Å². The zero-order valence-corrected chi connectivity index (χ0v) is 12.8. The molecule has 1 aromatic rings. The fourth-order valence-corrected chi connectivity index (χ4v) is 2.76. The maximum absolute atomic E-state index is 11.9. The van der Waals surface area contributed by atoms with E-state index in [0.717, 1.165) is 38.3 Å². The van der Waals surface area contributed by atoms with E-state index in [2.05, 4.69) is 16.5 Å². The number of aryl methyl sites for hydroxylation is 2. The standard InChI is InChI=1S/C15H25N3O2/c1-4-20-11-15(19)17-7-5-14(6-8-17)10-18-12(2)9-16-13(18)3/h9,14H,4-8,10-11H2,1-3H3. The molecule has 0 bridgehead atoms. The van der Waals surface area contributed by atoms with E-state index >= 15 is 0 Å². The number of piperidine rings is 1. The number of aromatic nitrogens is 2. The van der Waals surface area contributed by atoms with Crippen molar-refractivity contribution in [3.63, 3.8) is 0 Å². The fourth-order valence-electron chi connectivity index (χ4n) is 2.76. The Hall–Kier alpha value is -1.36. The molecule has 1 aliphatic rings. The maximum Gasteiger partial charge on any atom is 0.248 e. The van der Waals surface area contributed by atoms with Gasteiger partial charge >= 0.3 is 0 Å². The van der Waals surface area contributed by atoms with Crippen LogP contribution in [0.3, 0.4) is 0 Å². The minimum atomic E-state index is 0.125. The molecule has 1 aromatic heterocycles. The van der Waals surface area contributed by atoms with Gasteiger partial charge in [-0.25, -0.2) is 4.98 Å². The molecule has 0 atom stereocenters. The number of carbonyl (C=O) groups is 1. The zero-order valence-electron chi connectivity index (χ0n) is 12.8. The van der Waals surface area contributed by atoms with Gasteiger partial charge in [0.25, 0.3) is 0 Å². The van der Waals surface area contributed by atoms with E-state index in [1.165, 1.54) is 5.69 Å². The highest BCUT2D eigenvalue weighted by atomic mass is 16.5. The van der Waals surface area contributed by atoms with Crippen LogP contribution in [-0.4, -0.2) is 46.7 Å². The monoisotopic (exact) mass is 279 g/mol. The summed E-state index contributed by atoms with van der Waals surface area (Å²) in [7, 11) is 0. The van der Waals surface area contributed by atoms with E-state index in [4.69, 9.17) is 4.74 Å². The van der Waals surface area contributed by atoms with Crippen molar-refractivity contribution < 1.29 is 9.53 Å². The van der Waals surface area contributed by atoms with Gasteiger partial charge < -0.3 is 14.2 Å². The smallest absolute Gasteiger partial charge is 0.248 e. The number of hydrogen-bond donors (Lipinski definition) is 0. The number of hydrogen-bond acceptors (Lipinski definition) is 3. The first-order chi connectivity index (χ1) is 9.61. The van der Waals surface area contributed by atoms with Gasteiger partial charge in [0.05, 0.1) is 0 Å². The Morgan fingerprint density at radius 1 is 1.40 bits per heavy atom. The van der Waals surface area contributed by atoms with Crippen molar-refractivity contribution >= 4 is 5.91 Å². The molecule has 0 aliphatic carbocycles. The number of carbonyl (C=O) groups excluding carboxylic acids is 1. The van der Waals surface area contributed by atoms with Crippen LogP contribution in [0.5, 0.6) is 0 Å². The normalized spacial score (nSPS) is 16.6. The molecule has 5 nitrogen and oxygen atoms in total. The van der Waals surface area contributed by atoms with Crippen LogP contribution in [0.1, 0.15) is 31.3 Å². The summed E-state index contributed by atoms with van der Waals surface area (Å²) in [5, 5.41) is 0. The van der Waals surface area contributed by atoms with Crippen LogP contribution in [0.25, 0.3) is 0 Å². The molecule has 0 N–H and O–H groups in total. The predicted octanol–water partition coefficient (Wildman–Crippen LogP) is 1.78. The molecule has 112 valence electrons. The molecule has 5 heteroatoms. The van der Waals surface area contributed by atoms with Crippen molar-refractivity contribution in [2.45, 2.75) is 40.2 Å². The van der Waals surface area contributed by atoms with Gasteiger partial charge in [0.2, 0.25) is 5.91 Å². The molecule has 1 saturated heterocycles. The zero-order chi connectivity index (χ0) is 14.5. The number of imidazole rings is 1. The summed E-state index contributed by atoms with van der Waals surface area (Å²) >= 11 is 0. The van der Waals surface area contributed by atoms with E-state index in [1.54, 1.807) is 0 Å². The van der Waals surface area contributed by atoms with E-state index < -0.39 is 0 Å². The Labute approximate surface area is 120 Å². The lowest BCUT2D eigenvalue weighted by Gasteiger charge is -2.32. The molecular weight excluding hydrogens is 254 g/mol. The van der Waals surface area contributed by atoms with Crippen molar-refractivity contribution in [2.75, 3.05) is 26.3 Å². The average molecular weight is 279 g/mol. The van der Waals surface area contributed by atoms with Gasteiger partial charge in [-0.1, -0.05) is 0 Å². The molecule has 0 unspecified atom stereocenters. The van der Waals surface area contributed by atoms with Crippen LogP contribution in [0.2, 0.25) is 0 Å². The third kappa shape index (κ3) is 3.60. The van der Waals surface area contributed by atoms with Gasteiger partial charge in [-0.2, -0.15) is 0 Å². The second kappa shape index (κ2) is 6.88.